The summed E-state index contributed by atoms with van der Waals surface area (Å²) in [5.41, 5.74) is 2.69. The van der Waals surface area contributed by atoms with Crippen molar-refractivity contribution < 1.29 is 9.18 Å². The summed E-state index contributed by atoms with van der Waals surface area (Å²) in [6, 6.07) is 18.4. The van der Waals surface area contributed by atoms with Gasteiger partial charge in [-0.25, -0.2) is 4.39 Å². The van der Waals surface area contributed by atoms with Gasteiger partial charge in [-0.1, -0.05) is 55.5 Å². The van der Waals surface area contributed by atoms with Crippen LogP contribution in [0.3, 0.4) is 0 Å². The predicted octanol–water partition coefficient (Wildman–Crippen LogP) is 4.90. The lowest BCUT2D eigenvalue weighted by Crippen LogP contribution is -2.30. The van der Waals surface area contributed by atoms with Crippen molar-refractivity contribution in [2.45, 2.75) is 25.8 Å². The van der Waals surface area contributed by atoms with Gasteiger partial charge in [-0.05, 0) is 40.6 Å². The zero-order valence-corrected chi connectivity index (χ0v) is 14.9. The van der Waals surface area contributed by atoms with Gasteiger partial charge in [-0.2, -0.15) is 0 Å². The molecule has 0 saturated heterocycles. The Kier molecular flexibility index (Phi) is 5.61. The second-order valence-electron chi connectivity index (χ2n) is 5.88. The van der Waals surface area contributed by atoms with Gasteiger partial charge in [-0.15, -0.1) is 11.3 Å². The zero-order chi connectivity index (χ0) is 17.6. The summed E-state index contributed by atoms with van der Waals surface area (Å²) in [5.74, 6) is -0.541. The molecule has 4 heteroatoms. The monoisotopic (exact) mass is 353 g/mol. The molecule has 128 valence electrons. The Balaban J connectivity index is 1.80. The van der Waals surface area contributed by atoms with E-state index in [0.717, 1.165) is 16.9 Å². The van der Waals surface area contributed by atoms with E-state index in [9.17, 15) is 9.18 Å². The number of hydrogen-bond donors (Lipinski definition) is 1. The molecule has 0 fully saturated rings. The molecule has 2 nitrogen and oxygen atoms in total. The van der Waals surface area contributed by atoms with E-state index < -0.39 is 0 Å². The van der Waals surface area contributed by atoms with Crippen LogP contribution in [0.25, 0.3) is 0 Å². The van der Waals surface area contributed by atoms with Crippen molar-refractivity contribution in [1.29, 1.82) is 0 Å². The third-order valence-electron chi connectivity index (χ3n) is 4.16. The fourth-order valence-electron chi connectivity index (χ4n) is 2.75. The van der Waals surface area contributed by atoms with E-state index in [1.165, 1.54) is 11.6 Å². The maximum atomic E-state index is 13.8. The Morgan fingerprint density at radius 3 is 2.48 bits per heavy atom. The first-order valence-corrected chi connectivity index (χ1v) is 9.20. The van der Waals surface area contributed by atoms with Crippen LogP contribution in [-0.4, -0.2) is 5.91 Å². The topological polar surface area (TPSA) is 29.1 Å². The minimum absolute atomic E-state index is 0.0294. The molecule has 0 aliphatic rings. The van der Waals surface area contributed by atoms with Crippen LogP contribution in [0.4, 0.5) is 4.39 Å². The van der Waals surface area contributed by atoms with E-state index >= 15 is 0 Å². The average Bonchev–Trinajstić information content (AvgIpc) is 3.16. The van der Waals surface area contributed by atoms with Crippen LogP contribution >= 0.6 is 11.3 Å². The van der Waals surface area contributed by atoms with Gasteiger partial charge in [-0.3, -0.25) is 4.79 Å². The molecular weight excluding hydrogens is 333 g/mol. The van der Waals surface area contributed by atoms with E-state index in [1.54, 1.807) is 29.5 Å². The third kappa shape index (κ3) is 4.34. The van der Waals surface area contributed by atoms with Gasteiger partial charge in [0, 0.05) is 4.88 Å². The SMILES string of the molecule is CCc1ccc(C(NC(=O)Cc2ccccc2F)c2cccs2)cc1. The maximum Gasteiger partial charge on any atom is 0.225 e. The van der Waals surface area contributed by atoms with Crippen LogP contribution in [0.2, 0.25) is 0 Å². The summed E-state index contributed by atoms with van der Waals surface area (Å²) in [4.78, 5) is 13.6. The molecule has 1 heterocycles. The minimum Gasteiger partial charge on any atom is -0.344 e. The molecule has 2 aromatic carbocycles. The van der Waals surface area contributed by atoms with E-state index in [0.29, 0.717) is 5.56 Å². The van der Waals surface area contributed by atoms with Crippen LogP contribution in [0.1, 0.15) is 34.5 Å². The fourth-order valence-corrected chi connectivity index (χ4v) is 3.55. The van der Waals surface area contributed by atoms with Gasteiger partial charge in [0.2, 0.25) is 5.91 Å². The van der Waals surface area contributed by atoms with Crippen molar-refractivity contribution in [3.63, 3.8) is 0 Å². The first-order chi connectivity index (χ1) is 12.2. The molecule has 0 spiro atoms. The second-order valence-corrected chi connectivity index (χ2v) is 6.86. The summed E-state index contributed by atoms with van der Waals surface area (Å²) in [7, 11) is 0. The molecule has 3 aromatic rings. The predicted molar refractivity (Wildman–Crippen MR) is 100 cm³/mol. The Morgan fingerprint density at radius 1 is 1.08 bits per heavy atom. The number of aryl methyl sites for hydroxylation is 1. The van der Waals surface area contributed by atoms with Gasteiger partial charge in [0.15, 0.2) is 0 Å². The molecule has 3 rings (SSSR count). The molecule has 1 unspecified atom stereocenters. The summed E-state index contributed by atoms with van der Waals surface area (Å²) in [6.07, 6.45) is 1.01. The molecule has 0 aliphatic heterocycles. The standard InChI is InChI=1S/C21H20FNOS/c1-2-15-9-11-16(12-10-15)21(19-8-5-13-25-19)23-20(24)14-17-6-3-4-7-18(17)22/h3-13,21H,2,14H2,1H3,(H,23,24). The Labute approximate surface area is 151 Å². The molecule has 0 radical (unpaired) electrons. The Morgan fingerprint density at radius 2 is 1.84 bits per heavy atom. The summed E-state index contributed by atoms with van der Waals surface area (Å²) >= 11 is 1.60. The largest absolute Gasteiger partial charge is 0.344 e. The smallest absolute Gasteiger partial charge is 0.225 e. The van der Waals surface area contributed by atoms with Crippen molar-refractivity contribution in [1.82, 2.24) is 5.32 Å². The molecule has 25 heavy (non-hydrogen) atoms. The van der Waals surface area contributed by atoms with Gasteiger partial charge >= 0.3 is 0 Å². The van der Waals surface area contributed by atoms with Crippen molar-refractivity contribution in [3.05, 3.63) is 93.4 Å². The lowest BCUT2D eigenvalue weighted by molar-refractivity contribution is -0.121. The second kappa shape index (κ2) is 8.08. The van der Waals surface area contributed by atoms with Crippen LogP contribution < -0.4 is 5.32 Å². The fraction of sp³-hybridized carbons (Fsp3) is 0.190. The van der Waals surface area contributed by atoms with E-state index in [1.807, 2.05) is 29.6 Å². The minimum atomic E-state index is -0.349. The Hall–Kier alpha value is -2.46. The quantitative estimate of drug-likeness (QED) is 0.671. The number of benzene rings is 2. The van der Waals surface area contributed by atoms with Gasteiger partial charge in [0.1, 0.15) is 5.82 Å². The number of carbonyl (C=O) groups excluding carboxylic acids is 1. The summed E-state index contributed by atoms with van der Waals surface area (Å²) in [5, 5.41) is 5.05. The lowest BCUT2D eigenvalue weighted by Gasteiger charge is -2.19. The van der Waals surface area contributed by atoms with Crippen LogP contribution in [-0.2, 0) is 17.6 Å². The van der Waals surface area contributed by atoms with Crippen LogP contribution in [0.15, 0.2) is 66.0 Å². The highest BCUT2D eigenvalue weighted by molar-refractivity contribution is 7.10. The van der Waals surface area contributed by atoms with Gasteiger partial charge in [0.25, 0.3) is 0 Å². The van der Waals surface area contributed by atoms with E-state index in [2.05, 4.69) is 24.4 Å². The highest BCUT2D eigenvalue weighted by atomic mass is 32.1. The molecule has 0 bridgehead atoms. The number of nitrogens with one attached hydrogen (secondary N) is 1. The highest BCUT2D eigenvalue weighted by Gasteiger charge is 2.18. The molecule has 1 atom stereocenters. The number of hydrogen-bond acceptors (Lipinski definition) is 2. The number of halogens is 1. The number of thiophene rings is 1. The highest BCUT2D eigenvalue weighted by Crippen LogP contribution is 2.26. The molecule has 1 amide bonds. The van der Waals surface area contributed by atoms with E-state index in [4.69, 9.17) is 0 Å². The van der Waals surface area contributed by atoms with Crippen molar-refractivity contribution >= 4 is 17.2 Å². The van der Waals surface area contributed by atoms with Crippen LogP contribution in [0, 0.1) is 5.82 Å². The van der Waals surface area contributed by atoms with Crippen molar-refractivity contribution in [2.75, 3.05) is 0 Å². The van der Waals surface area contributed by atoms with Gasteiger partial charge < -0.3 is 5.32 Å². The Bertz CT molecular complexity index is 827. The van der Waals surface area contributed by atoms with E-state index in [-0.39, 0.29) is 24.2 Å². The molecule has 1 N–H and O–H groups in total. The summed E-state index contributed by atoms with van der Waals surface area (Å²) in [6.45, 7) is 2.11. The average molecular weight is 353 g/mol. The number of rotatable bonds is 6. The summed E-state index contributed by atoms with van der Waals surface area (Å²) < 4.78 is 13.8. The zero-order valence-electron chi connectivity index (χ0n) is 14.0. The van der Waals surface area contributed by atoms with Gasteiger partial charge in [0.05, 0.1) is 12.5 Å². The maximum absolute atomic E-state index is 13.8. The molecular formula is C21H20FNOS. The lowest BCUT2D eigenvalue weighted by atomic mass is 10.0. The third-order valence-corrected chi connectivity index (χ3v) is 5.10. The first-order valence-electron chi connectivity index (χ1n) is 8.32. The first kappa shape index (κ1) is 17.4. The molecule has 1 aromatic heterocycles. The van der Waals surface area contributed by atoms with Crippen LogP contribution in [0.5, 0.6) is 0 Å². The van der Waals surface area contributed by atoms with Crippen molar-refractivity contribution in [2.24, 2.45) is 0 Å². The normalized spacial score (nSPS) is 11.9. The number of carbonyl (C=O) groups is 1. The number of amides is 1. The molecule has 0 aliphatic carbocycles. The molecule has 0 saturated carbocycles. The van der Waals surface area contributed by atoms with Crippen molar-refractivity contribution in [3.8, 4) is 0 Å².